The lowest BCUT2D eigenvalue weighted by molar-refractivity contribution is -0.128. The maximum atomic E-state index is 11.4. The number of piperidine rings is 1. The van der Waals surface area contributed by atoms with E-state index in [9.17, 15) is 4.79 Å². The van der Waals surface area contributed by atoms with Gasteiger partial charge in [-0.15, -0.1) is 0 Å². The summed E-state index contributed by atoms with van der Waals surface area (Å²) < 4.78 is 0. The molecule has 90 valence electrons. The Bertz CT molecular complexity index is 270. The Balaban J connectivity index is 2.26. The Hall–Kier alpha value is -1.08. The molecule has 0 aliphatic carbocycles. The number of carbonyl (C=O) groups excluding carboxylic acids is 1. The van der Waals surface area contributed by atoms with Crippen molar-refractivity contribution in [2.75, 3.05) is 27.2 Å². The fourth-order valence-electron chi connectivity index (χ4n) is 2.06. The molecule has 1 unspecified atom stereocenters. The van der Waals surface area contributed by atoms with E-state index in [0.717, 1.165) is 32.4 Å². The van der Waals surface area contributed by atoms with Gasteiger partial charge in [0.05, 0.1) is 12.1 Å². The normalized spacial score (nSPS) is 21.4. The van der Waals surface area contributed by atoms with Crippen LogP contribution in [0.4, 0.5) is 0 Å². The molecule has 1 rings (SSSR count). The Kier molecular flexibility index (Phi) is 5.27. The fourth-order valence-corrected chi connectivity index (χ4v) is 2.06. The van der Waals surface area contributed by atoms with E-state index in [1.165, 1.54) is 6.42 Å². The zero-order chi connectivity index (χ0) is 12.0. The van der Waals surface area contributed by atoms with E-state index in [4.69, 9.17) is 5.26 Å². The summed E-state index contributed by atoms with van der Waals surface area (Å²) in [6.07, 6.45) is 4.76. The minimum Gasteiger partial charge on any atom is -0.349 e. The van der Waals surface area contributed by atoms with E-state index in [2.05, 4.69) is 11.0 Å². The van der Waals surface area contributed by atoms with Gasteiger partial charge in [0.15, 0.2) is 0 Å². The smallest absolute Gasteiger partial charge is 0.222 e. The molecule has 4 heteroatoms. The highest BCUT2D eigenvalue weighted by Crippen LogP contribution is 2.16. The molecule has 0 N–H and O–H groups in total. The van der Waals surface area contributed by atoms with Gasteiger partial charge >= 0.3 is 0 Å². The lowest BCUT2D eigenvalue weighted by atomic mass is 10.0. The van der Waals surface area contributed by atoms with Gasteiger partial charge in [0.1, 0.15) is 0 Å². The first-order valence-corrected chi connectivity index (χ1v) is 5.99. The number of likely N-dealkylation sites (tertiary alicyclic amines) is 1. The maximum absolute atomic E-state index is 11.4. The van der Waals surface area contributed by atoms with Gasteiger partial charge in [-0.05, 0) is 38.8 Å². The van der Waals surface area contributed by atoms with Crippen LogP contribution < -0.4 is 0 Å². The number of carbonyl (C=O) groups is 1. The van der Waals surface area contributed by atoms with E-state index in [1.54, 1.807) is 19.0 Å². The zero-order valence-corrected chi connectivity index (χ0v) is 10.3. The first-order valence-electron chi connectivity index (χ1n) is 5.99. The lowest BCUT2D eigenvalue weighted by Crippen LogP contribution is -2.39. The number of amides is 1. The van der Waals surface area contributed by atoms with E-state index < -0.39 is 0 Å². The highest BCUT2D eigenvalue weighted by molar-refractivity contribution is 5.75. The number of rotatable bonds is 4. The molecular formula is C12H21N3O. The van der Waals surface area contributed by atoms with E-state index in [0.29, 0.717) is 6.42 Å². The highest BCUT2D eigenvalue weighted by atomic mass is 16.2. The average Bonchev–Trinajstić information content (AvgIpc) is 2.29. The topological polar surface area (TPSA) is 47.3 Å². The molecule has 0 saturated carbocycles. The summed E-state index contributed by atoms with van der Waals surface area (Å²) in [6.45, 7) is 1.88. The minimum atomic E-state index is 0.0724. The third-order valence-corrected chi connectivity index (χ3v) is 3.10. The fraction of sp³-hybridized carbons (Fsp3) is 0.833. The van der Waals surface area contributed by atoms with Crippen LogP contribution in [0.3, 0.4) is 0 Å². The third kappa shape index (κ3) is 3.82. The summed E-state index contributed by atoms with van der Waals surface area (Å²) in [7, 11) is 3.56. The van der Waals surface area contributed by atoms with Crippen molar-refractivity contribution in [1.29, 1.82) is 5.26 Å². The minimum absolute atomic E-state index is 0.0724. The molecule has 1 aliphatic rings. The second kappa shape index (κ2) is 6.49. The first-order chi connectivity index (χ1) is 7.65. The first kappa shape index (κ1) is 13.0. The SMILES string of the molecule is CN(C)C(=O)CCCN1CCCCC1C#N. The highest BCUT2D eigenvalue weighted by Gasteiger charge is 2.21. The van der Waals surface area contributed by atoms with Gasteiger partial charge < -0.3 is 4.90 Å². The van der Waals surface area contributed by atoms with Crippen LogP contribution in [0.25, 0.3) is 0 Å². The van der Waals surface area contributed by atoms with Crippen molar-refractivity contribution in [2.24, 2.45) is 0 Å². The van der Waals surface area contributed by atoms with E-state index in [1.807, 2.05) is 0 Å². The monoisotopic (exact) mass is 223 g/mol. The van der Waals surface area contributed by atoms with Gasteiger partial charge in [0.25, 0.3) is 0 Å². The molecule has 1 atom stereocenters. The second-order valence-electron chi connectivity index (χ2n) is 4.57. The van der Waals surface area contributed by atoms with Gasteiger partial charge in [-0.3, -0.25) is 9.69 Å². The zero-order valence-electron chi connectivity index (χ0n) is 10.3. The molecule has 4 nitrogen and oxygen atoms in total. The third-order valence-electron chi connectivity index (χ3n) is 3.10. The van der Waals surface area contributed by atoms with Gasteiger partial charge in [0, 0.05) is 20.5 Å². The lowest BCUT2D eigenvalue weighted by Gasteiger charge is -2.31. The van der Waals surface area contributed by atoms with Crippen LogP contribution in [0.5, 0.6) is 0 Å². The van der Waals surface area contributed by atoms with Crippen LogP contribution in [-0.4, -0.2) is 48.9 Å². The van der Waals surface area contributed by atoms with Crippen LogP contribution in [0.15, 0.2) is 0 Å². The van der Waals surface area contributed by atoms with Gasteiger partial charge in [-0.25, -0.2) is 0 Å². The van der Waals surface area contributed by atoms with Crippen molar-refractivity contribution in [1.82, 2.24) is 9.80 Å². The summed E-state index contributed by atoms with van der Waals surface area (Å²) in [5.74, 6) is 0.172. The van der Waals surface area contributed by atoms with E-state index in [-0.39, 0.29) is 11.9 Å². The molecule has 0 spiro atoms. The van der Waals surface area contributed by atoms with Crippen molar-refractivity contribution in [3.8, 4) is 6.07 Å². The van der Waals surface area contributed by atoms with Crippen LogP contribution in [0.1, 0.15) is 32.1 Å². The van der Waals surface area contributed by atoms with Crippen molar-refractivity contribution < 1.29 is 4.79 Å². The number of hydrogen-bond donors (Lipinski definition) is 0. The van der Waals surface area contributed by atoms with E-state index >= 15 is 0 Å². The molecule has 0 bridgehead atoms. The van der Waals surface area contributed by atoms with Crippen LogP contribution >= 0.6 is 0 Å². The van der Waals surface area contributed by atoms with Gasteiger partial charge in [-0.2, -0.15) is 5.26 Å². The molecule has 1 fully saturated rings. The Morgan fingerprint density at radius 3 is 2.88 bits per heavy atom. The van der Waals surface area contributed by atoms with Gasteiger partial charge in [0.2, 0.25) is 5.91 Å². The summed E-state index contributed by atoms with van der Waals surface area (Å²) >= 11 is 0. The summed E-state index contributed by atoms with van der Waals surface area (Å²) in [5.41, 5.74) is 0. The van der Waals surface area contributed by atoms with Crippen LogP contribution in [0, 0.1) is 11.3 Å². The van der Waals surface area contributed by atoms with Crippen LogP contribution in [0.2, 0.25) is 0 Å². The molecule has 0 aromatic heterocycles. The summed E-state index contributed by atoms with van der Waals surface area (Å²) in [4.78, 5) is 15.2. The molecular weight excluding hydrogens is 202 g/mol. The molecule has 1 saturated heterocycles. The van der Waals surface area contributed by atoms with Crippen LogP contribution in [-0.2, 0) is 4.79 Å². The Morgan fingerprint density at radius 2 is 2.25 bits per heavy atom. The molecule has 16 heavy (non-hydrogen) atoms. The van der Waals surface area contributed by atoms with Gasteiger partial charge in [-0.1, -0.05) is 0 Å². The maximum Gasteiger partial charge on any atom is 0.222 e. The molecule has 1 aliphatic heterocycles. The summed E-state index contributed by atoms with van der Waals surface area (Å²) in [6, 6.07) is 2.42. The van der Waals surface area contributed by atoms with Crippen molar-refractivity contribution in [3.05, 3.63) is 0 Å². The van der Waals surface area contributed by atoms with Crippen molar-refractivity contribution >= 4 is 5.91 Å². The predicted molar refractivity (Wildman–Crippen MR) is 62.8 cm³/mol. The predicted octanol–water partition coefficient (Wildman–Crippen LogP) is 1.23. The quantitative estimate of drug-likeness (QED) is 0.720. The van der Waals surface area contributed by atoms with Crippen molar-refractivity contribution in [2.45, 2.75) is 38.1 Å². The standard InChI is InChI=1S/C12H21N3O/c1-14(2)12(16)7-5-9-15-8-4-3-6-11(15)10-13/h11H,3-9H2,1-2H3. The average molecular weight is 223 g/mol. The number of hydrogen-bond acceptors (Lipinski definition) is 3. The summed E-state index contributed by atoms with van der Waals surface area (Å²) in [5, 5.41) is 8.99. The molecule has 0 radical (unpaired) electrons. The molecule has 1 heterocycles. The van der Waals surface area contributed by atoms with Crippen molar-refractivity contribution in [3.63, 3.8) is 0 Å². The number of nitriles is 1. The number of nitrogens with zero attached hydrogens (tertiary/aromatic N) is 3. The Morgan fingerprint density at radius 1 is 1.50 bits per heavy atom. The second-order valence-corrected chi connectivity index (χ2v) is 4.57. The molecule has 0 aromatic carbocycles. The molecule has 1 amide bonds. The Labute approximate surface area is 97.8 Å². The largest absolute Gasteiger partial charge is 0.349 e. The molecule has 0 aromatic rings.